The van der Waals surface area contributed by atoms with Crippen molar-refractivity contribution in [2.45, 2.75) is 6.92 Å². The highest BCUT2D eigenvalue weighted by atomic mass is 19.1. The molecule has 0 aliphatic rings. The van der Waals surface area contributed by atoms with E-state index in [1.807, 2.05) is 31.2 Å². The number of carbonyl (C=O) groups is 1. The number of halogens is 1. The van der Waals surface area contributed by atoms with Crippen molar-refractivity contribution in [3.63, 3.8) is 0 Å². The summed E-state index contributed by atoms with van der Waals surface area (Å²) < 4.78 is 23.9. The van der Waals surface area contributed by atoms with Crippen LogP contribution in [-0.4, -0.2) is 12.5 Å². The number of rotatable bonds is 6. The lowest BCUT2D eigenvalue weighted by Crippen LogP contribution is -2.20. The lowest BCUT2D eigenvalue weighted by atomic mass is 10.2. The Balaban J connectivity index is 1.51. The van der Waals surface area contributed by atoms with Crippen molar-refractivity contribution < 1.29 is 18.7 Å². The molecule has 0 aliphatic carbocycles. The van der Waals surface area contributed by atoms with E-state index >= 15 is 0 Å². The van der Waals surface area contributed by atoms with E-state index in [0.29, 0.717) is 17.2 Å². The van der Waals surface area contributed by atoms with Crippen molar-refractivity contribution in [2.24, 2.45) is 0 Å². The summed E-state index contributed by atoms with van der Waals surface area (Å²) in [4.78, 5) is 11.9. The predicted octanol–water partition coefficient (Wildman–Crippen LogP) is 4.94. The Labute approximate surface area is 151 Å². The molecule has 5 heteroatoms. The van der Waals surface area contributed by atoms with Gasteiger partial charge in [0, 0.05) is 5.69 Å². The van der Waals surface area contributed by atoms with Crippen molar-refractivity contribution in [3.8, 4) is 17.2 Å². The van der Waals surface area contributed by atoms with Crippen molar-refractivity contribution in [2.75, 3.05) is 11.9 Å². The molecule has 0 bridgehead atoms. The second-order valence-corrected chi connectivity index (χ2v) is 5.73. The third kappa shape index (κ3) is 5.08. The number of anilines is 1. The number of nitrogens with one attached hydrogen (secondary N) is 1. The van der Waals surface area contributed by atoms with E-state index in [4.69, 9.17) is 9.47 Å². The van der Waals surface area contributed by atoms with E-state index in [2.05, 4.69) is 5.32 Å². The number of carbonyl (C=O) groups excluding carboxylic acids is 1. The Morgan fingerprint density at radius 1 is 0.923 bits per heavy atom. The Kier molecular flexibility index (Phi) is 5.49. The van der Waals surface area contributed by atoms with Crippen LogP contribution in [0.3, 0.4) is 0 Å². The van der Waals surface area contributed by atoms with Crippen molar-refractivity contribution >= 4 is 11.6 Å². The number of ether oxygens (including phenoxy) is 2. The van der Waals surface area contributed by atoms with Crippen molar-refractivity contribution in [1.29, 1.82) is 0 Å². The standard InChI is InChI=1S/C21H18FNO3/c1-15-3-2-4-20(13-15)26-19-11-7-17(8-12-19)23-21(24)14-25-18-9-5-16(22)6-10-18/h2-13H,14H2,1H3,(H,23,24). The summed E-state index contributed by atoms with van der Waals surface area (Å²) in [5.74, 6) is 1.21. The van der Waals surface area contributed by atoms with Gasteiger partial charge in [-0.05, 0) is 73.2 Å². The van der Waals surface area contributed by atoms with Crippen LogP contribution < -0.4 is 14.8 Å². The molecule has 0 saturated carbocycles. The zero-order valence-electron chi connectivity index (χ0n) is 14.2. The smallest absolute Gasteiger partial charge is 0.262 e. The van der Waals surface area contributed by atoms with Gasteiger partial charge in [-0.1, -0.05) is 12.1 Å². The van der Waals surface area contributed by atoms with Gasteiger partial charge in [-0.25, -0.2) is 4.39 Å². The summed E-state index contributed by atoms with van der Waals surface area (Å²) in [7, 11) is 0. The molecular weight excluding hydrogens is 333 g/mol. The van der Waals surface area contributed by atoms with Gasteiger partial charge in [0.15, 0.2) is 6.61 Å². The van der Waals surface area contributed by atoms with E-state index in [-0.39, 0.29) is 18.3 Å². The van der Waals surface area contributed by atoms with Gasteiger partial charge in [-0.2, -0.15) is 0 Å². The third-order valence-corrected chi connectivity index (χ3v) is 3.55. The van der Waals surface area contributed by atoms with Crippen LogP contribution in [-0.2, 0) is 4.79 Å². The summed E-state index contributed by atoms with van der Waals surface area (Å²) >= 11 is 0. The van der Waals surface area contributed by atoms with Crippen LogP contribution in [0, 0.1) is 12.7 Å². The Morgan fingerprint density at radius 3 is 2.31 bits per heavy atom. The normalized spacial score (nSPS) is 10.2. The molecule has 3 aromatic rings. The first-order valence-electron chi connectivity index (χ1n) is 8.11. The molecule has 1 N–H and O–H groups in total. The Bertz CT molecular complexity index is 877. The number of hydrogen-bond donors (Lipinski definition) is 1. The molecule has 0 saturated heterocycles. The minimum atomic E-state index is -0.352. The minimum absolute atomic E-state index is 0.160. The summed E-state index contributed by atoms with van der Waals surface area (Å²) in [6.07, 6.45) is 0. The van der Waals surface area contributed by atoms with Crippen LogP contribution in [0.2, 0.25) is 0 Å². The Hall–Kier alpha value is -3.34. The van der Waals surface area contributed by atoms with Gasteiger partial charge in [-0.3, -0.25) is 4.79 Å². The zero-order valence-corrected chi connectivity index (χ0v) is 14.2. The van der Waals surface area contributed by atoms with Gasteiger partial charge < -0.3 is 14.8 Å². The molecule has 4 nitrogen and oxygen atoms in total. The molecule has 0 unspecified atom stereocenters. The number of aryl methyl sites for hydroxylation is 1. The van der Waals surface area contributed by atoms with Crippen molar-refractivity contribution in [1.82, 2.24) is 0 Å². The maximum Gasteiger partial charge on any atom is 0.262 e. The minimum Gasteiger partial charge on any atom is -0.484 e. The highest BCUT2D eigenvalue weighted by Gasteiger charge is 2.05. The van der Waals surface area contributed by atoms with E-state index in [9.17, 15) is 9.18 Å². The molecular formula is C21H18FNO3. The first kappa shape index (κ1) is 17.5. The molecule has 0 spiro atoms. The first-order valence-corrected chi connectivity index (χ1v) is 8.11. The molecule has 0 heterocycles. The van der Waals surface area contributed by atoms with Crippen LogP contribution in [0.5, 0.6) is 17.2 Å². The number of amides is 1. The molecule has 3 rings (SSSR count). The zero-order chi connectivity index (χ0) is 18.4. The van der Waals surface area contributed by atoms with Crippen LogP contribution in [0.4, 0.5) is 10.1 Å². The van der Waals surface area contributed by atoms with Crippen LogP contribution >= 0.6 is 0 Å². The molecule has 0 fully saturated rings. The van der Waals surface area contributed by atoms with Crippen LogP contribution in [0.1, 0.15) is 5.56 Å². The van der Waals surface area contributed by atoms with Gasteiger partial charge in [0.1, 0.15) is 23.1 Å². The topological polar surface area (TPSA) is 47.6 Å². The third-order valence-electron chi connectivity index (χ3n) is 3.55. The SMILES string of the molecule is Cc1cccc(Oc2ccc(NC(=O)COc3ccc(F)cc3)cc2)c1. The summed E-state index contributed by atoms with van der Waals surface area (Å²) in [6.45, 7) is 1.84. The highest BCUT2D eigenvalue weighted by molar-refractivity contribution is 5.91. The fraction of sp³-hybridized carbons (Fsp3) is 0.0952. The summed E-state index contributed by atoms with van der Waals surface area (Å²) in [5.41, 5.74) is 1.75. The largest absolute Gasteiger partial charge is 0.484 e. The molecule has 3 aromatic carbocycles. The molecule has 0 atom stereocenters. The lowest BCUT2D eigenvalue weighted by Gasteiger charge is -2.09. The van der Waals surface area contributed by atoms with Crippen LogP contribution in [0.15, 0.2) is 72.8 Å². The number of benzene rings is 3. The van der Waals surface area contributed by atoms with E-state index < -0.39 is 0 Å². The lowest BCUT2D eigenvalue weighted by molar-refractivity contribution is -0.118. The average Bonchev–Trinajstić information content (AvgIpc) is 2.63. The second-order valence-electron chi connectivity index (χ2n) is 5.73. The van der Waals surface area contributed by atoms with Gasteiger partial charge in [0.2, 0.25) is 0 Å². The van der Waals surface area contributed by atoms with Gasteiger partial charge in [0.25, 0.3) is 5.91 Å². The number of hydrogen-bond acceptors (Lipinski definition) is 3. The maximum absolute atomic E-state index is 12.8. The van der Waals surface area contributed by atoms with Crippen molar-refractivity contribution in [3.05, 3.63) is 84.2 Å². The maximum atomic E-state index is 12.8. The van der Waals surface area contributed by atoms with Gasteiger partial charge in [-0.15, -0.1) is 0 Å². The summed E-state index contributed by atoms with van der Waals surface area (Å²) in [6, 6.07) is 20.3. The van der Waals surface area contributed by atoms with Crippen LogP contribution in [0.25, 0.3) is 0 Å². The molecule has 26 heavy (non-hydrogen) atoms. The van der Waals surface area contributed by atoms with Gasteiger partial charge >= 0.3 is 0 Å². The van der Waals surface area contributed by atoms with E-state index in [1.54, 1.807) is 24.3 Å². The summed E-state index contributed by atoms with van der Waals surface area (Å²) in [5, 5.41) is 2.73. The molecule has 0 radical (unpaired) electrons. The second kappa shape index (κ2) is 8.16. The Morgan fingerprint density at radius 2 is 1.62 bits per heavy atom. The predicted molar refractivity (Wildman–Crippen MR) is 98.2 cm³/mol. The molecule has 132 valence electrons. The van der Waals surface area contributed by atoms with E-state index in [1.165, 1.54) is 24.3 Å². The quantitative estimate of drug-likeness (QED) is 0.684. The molecule has 1 amide bonds. The van der Waals surface area contributed by atoms with E-state index in [0.717, 1.165) is 11.3 Å². The molecule has 0 aromatic heterocycles. The molecule has 0 aliphatic heterocycles. The monoisotopic (exact) mass is 351 g/mol. The van der Waals surface area contributed by atoms with Gasteiger partial charge in [0.05, 0.1) is 0 Å². The first-order chi connectivity index (χ1) is 12.6. The highest BCUT2D eigenvalue weighted by Crippen LogP contribution is 2.23. The fourth-order valence-corrected chi connectivity index (χ4v) is 2.30. The fourth-order valence-electron chi connectivity index (χ4n) is 2.30. The average molecular weight is 351 g/mol.